The second kappa shape index (κ2) is 6.12. The van der Waals surface area contributed by atoms with E-state index in [1.807, 2.05) is 19.1 Å². The van der Waals surface area contributed by atoms with Crippen LogP contribution in [0.4, 0.5) is 0 Å². The number of hydrogen-bond donors (Lipinski definition) is 2. The zero-order valence-corrected chi connectivity index (χ0v) is 8.36. The van der Waals surface area contributed by atoms with Gasteiger partial charge in [-0.1, -0.05) is 12.1 Å². The minimum atomic E-state index is 0. The monoisotopic (exact) mass is 209 g/mol. The van der Waals surface area contributed by atoms with E-state index in [4.69, 9.17) is 10.8 Å². The molecule has 0 amide bonds. The Kier molecular flexibility index (Phi) is 7.19. The van der Waals surface area contributed by atoms with Crippen LogP contribution in [0.3, 0.4) is 0 Å². The molecule has 0 bridgehead atoms. The summed E-state index contributed by atoms with van der Waals surface area (Å²) in [6.07, 6.45) is 0. The molecule has 0 saturated carbocycles. The number of hydrogen-bond acceptors (Lipinski definition) is 2. The summed E-state index contributed by atoms with van der Waals surface area (Å²) >= 11 is 0. The van der Waals surface area contributed by atoms with Crippen LogP contribution in [0.2, 0.25) is 0 Å². The Labute approximate surface area is 84.6 Å². The highest BCUT2D eigenvalue weighted by Gasteiger charge is 1.96. The Balaban J connectivity index is 0. The average molecular weight is 210 g/mol. The molecule has 0 saturated heterocycles. The zero-order chi connectivity index (χ0) is 7.56. The highest BCUT2D eigenvalue weighted by Crippen LogP contribution is 2.13. The molecule has 70 valence electrons. The van der Waals surface area contributed by atoms with E-state index in [1.165, 1.54) is 0 Å². The van der Waals surface area contributed by atoms with Gasteiger partial charge in [0.15, 0.2) is 0 Å². The van der Waals surface area contributed by atoms with Crippen molar-refractivity contribution < 1.29 is 5.11 Å². The Morgan fingerprint density at radius 3 is 1.92 bits per heavy atom. The SMILES string of the molecule is CC(N)c1ccc(O)cc1.Cl.Cl. The predicted molar refractivity (Wildman–Crippen MR) is 55.2 cm³/mol. The third kappa shape index (κ3) is 3.81. The molecule has 0 heterocycles. The molecule has 0 aliphatic carbocycles. The summed E-state index contributed by atoms with van der Waals surface area (Å²) in [4.78, 5) is 0. The van der Waals surface area contributed by atoms with Crippen molar-refractivity contribution in [3.8, 4) is 5.75 Å². The van der Waals surface area contributed by atoms with E-state index >= 15 is 0 Å². The van der Waals surface area contributed by atoms with Gasteiger partial charge in [-0.2, -0.15) is 0 Å². The van der Waals surface area contributed by atoms with Gasteiger partial charge in [-0.05, 0) is 24.6 Å². The first-order chi connectivity index (χ1) is 4.70. The summed E-state index contributed by atoms with van der Waals surface area (Å²) in [5.41, 5.74) is 6.62. The number of nitrogens with two attached hydrogens (primary N) is 1. The number of phenols is 1. The maximum atomic E-state index is 8.90. The van der Waals surface area contributed by atoms with Gasteiger partial charge >= 0.3 is 0 Å². The van der Waals surface area contributed by atoms with Crippen LogP contribution in [0, 0.1) is 0 Å². The van der Waals surface area contributed by atoms with Gasteiger partial charge < -0.3 is 10.8 Å². The molecule has 12 heavy (non-hydrogen) atoms. The normalized spacial score (nSPS) is 10.8. The van der Waals surface area contributed by atoms with Crippen molar-refractivity contribution in [2.45, 2.75) is 13.0 Å². The van der Waals surface area contributed by atoms with E-state index in [1.54, 1.807) is 12.1 Å². The summed E-state index contributed by atoms with van der Waals surface area (Å²) in [5, 5.41) is 8.90. The molecule has 0 aromatic heterocycles. The fourth-order valence-electron chi connectivity index (χ4n) is 0.778. The summed E-state index contributed by atoms with van der Waals surface area (Å²) < 4.78 is 0. The van der Waals surface area contributed by atoms with Gasteiger partial charge in [0.25, 0.3) is 0 Å². The maximum absolute atomic E-state index is 8.90. The largest absolute Gasteiger partial charge is 0.508 e. The summed E-state index contributed by atoms with van der Waals surface area (Å²) in [6.45, 7) is 1.91. The number of rotatable bonds is 1. The van der Waals surface area contributed by atoms with E-state index in [0.717, 1.165) is 5.56 Å². The number of benzene rings is 1. The van der Waals surface area contributed by atoms with Gasteiger partial charge in [0, 0.05) is 6.04 Å². The number of halogens is 2. The Hall–Kier alpha value is -0.440. The van der Waals surface area contributed by atoms with Gasteiger partial charge in [-0.15, -0.1) is 24.8 Å². The van der Waals surface area contributed by atoms with E-state index in [9.17, 15) is 0 Å². The van der Waals surface area contributed by atoms with Crippen molar-refractivity contribution >= 4 is 24.8 Å². The van der Waals surface area contributed by atoms with E-state index in [0.29, 0.717) is 0 Å². The van der Waals surface area contributed by atoms with Gasteiger partial charge in [0.2, 0.25) is 0 Å². The zero-order valence-electron chi connectivity index (χ0n) is 6.73. The van der Waals surface area contributed by atoms with Crippen LogP contribution >= 0.6 is 24.8 Å². The molecule has 4 heteroatoms. The van der Waals surface area contributed by atoms with Crippen LogP contribution in [0.5, 0.6) is 5.75 Å². The second-order valence-corrected chi connectivity index (χ2v) is 2.38. The lowest BCUT2D eigenvalue weighted by Gasteiger charge is -2.03. The van der Waals surface area contributed by atoms with Gasteiger partial charge in [-0.25, -0.2) is 0 Å². The minimum absolute atomic E-state index is 0. The fourth-order valence-corrected chi connectivity index (χ4v) is 0.778. The van der Waals surface area contributed by atoms with E-state index in [2.05, 4.69) is 0 Å². The first kappa shape index (κ1) is 14.1. The van der Waals surface area contributed by atoms with E-state index in [-0.39, 0.29) is 36.6 Å². The lowest BCUT2D eigenvalue weighted by Crippen LogP contribution is -2.03. The Morgan fingerprint density at radius 2 is 1.58 bits per heavy atom. The first-order valence-electron chi connectivity index (χ1n) is 3.24. The lowest BCUT2D eigenvalue weighted by molar-refractivity contribution is 0.475. The summed E-state index contributed by atoms with van der Waals surface area (Å²) in [5.74, 6) is 0.282. The van der Waals surface area contributed by atoms with Gasteiger partial charge in [0.05, 0.1) is 0 Å². The molecule has 0 radical (unpaired) electrons. The van der Waals surface area contributed by atoms with Crippen LogP contribution < -0.4 is 5.73 Å². The standard InChI is InChI=1S/C8H11NO.2ClH/c1-6(9)7-2-4-8(10)5-3-7;;/h2-6,10H,9H2,1H3;2*1H. The van der Waals surface area contributed by atoms with Crippen molar-refractivity contribution in [2.75, 3.05) is 0 Å². The molecule has 3 N–H and O–H groups in total. The molecule has 0 aliphatic rings. The fraction of sp³-hybridized carbons (Fsp3) is 0.250. The Bertz CT molecular complexity index is 211. The van der Waals surface area contributed by atoms with Gasteiger partial charge in [-0.3, -0.25) is 0 Å². The molecule has 0 spiro atoms. The van der Waals surface area contributed by atoms with Crippen molar-refractivity contribution in [1.29, 1.82) is 0 Å². The summed E-state index contributed by atoms with van der Waals surface area (Å²) in [6, 6.07) is 6.96. The number of phenolic OH excluding ortho intramolecular Hbond substituents is 1. The van der Waals surface area contributed by atoms with Crippen molar-refractivity contribution in [3.63, 3.8) is 0 Å². The molecule has 1 aromatic carbocycles. The summed E-state index contributed by atoms with van der Waals surface area (Å²) in [7, 11) is 0. The molecule has 0 fully saturated rings. The third-order valence-corrected chi connectivity index (χ3v) is 1.42. The number of aromatic hydroxyl groups is 1. The van der Waals surface area contributed by atoms with Crippen LogP contribution in [-0.2, 0) is 0 Å². The van der Waals surface area contributed by atoms with Crippen molar-refractivity contribution in [2.24, 2.45) is 5.73 Å². The minimum Gasteiger partial charge on any atom is -0.508 e. The second-order valence-electron chi connectivity index (χ2n) is 2.38. The quantitative estimate of drug-likeness (QED) is 0.746. The molecular weight excluding hydrogens is 197 g/mol. The van der Waals surface area contributed by atoms with Crippen molar-refractivity contribution in [3.05, 3.63) is 29.8 Å². The molecule has 1 rings (SSSR count). The molecule has 1 atom stereocenters. The average Bonchev–Trinajstić information content (AvgIpc) is 1.88. The van der Waals surface area contributed by atoms with Gasteiger partial charge in [0.1, 0.15) is 5.75 Å². The van der Waals surface area contributed by atoms with Crippen LogP contribution in [0.15, 0.2) is 24.3 Å². The topological polar surface area (TPSA) is 46.2 Å². The van der Waals surface area contributed by atoms with Crippen molar-refractivity contribution in [1.82, 2.24) is 0 Å². The lowest BCUT2D eigenvalue weighted by atomic mass is 10.1. The van der Waals surface area contributed by atoms with Crippen LogP contribution in [-0.4, -0.2) is 5.11 Å². The maximum Gasteiger partial charge on any atom is 0.115 e. The molecule has 2 nitrogen and oxygen atoms in total. The molecular formula is C8H13Cl2NO. The van der Waals surface area contributed by atoms with Crippen LogP contribution in [0.1, 0.15) is 18.5 Å². The Morgan fingerprint density at radius 1 is 1.17 bits per heavy atom. The third-order valence-electron chi connectivity index (χ3n) is 1.42. The smallest absolute Gasteiger partial charge is 0.115 e. The first-order valence-corrected chi connectivity index (χ1v) is 3.24. The van der Waals surface area contributed by atoms with Crippen LogP contribution in [0.25, 0.3) is 0 Å². The molecule has 1 unspecified atom stereocenters. The molecule has 1 aromatic rings. The van der Waals surface area contributed by atoms with E-state index < -0.39 is 0 Å². The molecule has 0 aliphatic heterocycles. The predicted octanol–water partition coefficient (Wildman–Crippen LogP) is 2.26. The highest BCUT2D eigenvalue weighted by molar-refractivity contribution is 5.85. The highest BCUT2D eigenvalue weighted by atomic mass is 35.5.